The number of hydrogen-bond acceptors (Lipinski definition) is 9. The molecule has 9 nitrogen and oxygen atoms in total. The normalized spacial score (nSPS) is 13.4. The van der Waals surface area contributed by atoms with Gasteiger partial charge in [0.25, 0.3) is 0 Å². The Bertz CT molecular complexity index is 713. The summed E-state index contributed by atoms with van der Waals surface area (Å²) in [5, 5.41) is 49.4. The topological polar surface area (TPSA) is 126 Å². The lowest BCUT2D eigenvalue weighted by Crippen LogP contribution is -2.32. The van der Waals surface area contributed by atoms with E-state index < -0.39 is 12.6 Å². The van der Waals surface area contributed by atoms with Crippen LogP contribution in [0.1, 0.15) is 30.5 Å². The third kappa shape index (κ3) is 11.1. The number of aryl methyl sites for hydroxylation is 1. The van der Waals surface area contributed by atoms with E-state index in [9.17, 15) is 25.5 Å². The largest absolute Gasteiger partial charge is 0.507 e. The standard InChI is InChI=1S/C25H42N2O7/c1-18(2)24(31)33-12-8-26(6-10-28)16-21-14-20(5)15-22(23(21)30)17-27(7-11-29)9-13-34-25(32)19(3)4/h14-15,24-25,28-32H,1,3,6-13,16-17H2,2,4-5H3. The van der Waals surface area contributed by atoms with Crippen molar-refractivity contribution in [3.05, 3.63) is 53.1 Å². The number of ether oxygens (including phenoxy) is 2. The highest BCUT2D eigenvalue weighted by Gasteiger charge is 2.16. The summed E-state index contributed by atoms with van der Waals surface area (Å²) < 4.78 is 10.7. The highest BCUT2D eigenvalue weighted by atomic mass is 16.6. The van der Waals surface area contributed by atoms with Crippen LogP contribution >= 0.6 is 0 Å². The Kier molecular flexibility index (Phi) is 14.2. The zero-order chi connectivity index (χ0) is 25.7. The van der Waals surface area contributed by atoms with Crippen LogP contribution in [0, 0.1) is 6.92 Å². The Balaban J connectivity index is 2.88. The number of hydrogen-bond donors (Lipinski definition) is 5. The van der Waals surface area contributed by atoms with Gasteiger partial charge >= 0.3 is 0 Å². The lowest BCUT2D eigenvalue weighted by molar-refractivity contribution is -0.0776. The van der Waals surface area contributed by atoms with Gasteiger partial charge in [-0.1, -0.05) is 30.9 Å². The van der Waals surface area contributed by atoms with Crippen LogP contribution in [-0.2, 0) is 22.6 Å². The number of aliphatic hydroxyl groups is 4. The first-order valence-electron chi connectivity index (χ1n) is 11.5. The molecule has 1 rings (SSSR count). The van der Waals surface area contributed by atoms with Crippen molar-refractivity contribution in [2.24, 2.45) is 0 Å². The average molecular weight is 483 g/mol. The fourth-order valence-electron chi connectivity index (χ4n) is 3.35. The number of aliphatic hydroxyl groups excluding tert-OH is 4. The monoisotopic (exact) mass is 482 g/mol. The molecule has 0 saturated carbocycles. The molecule has 0 fully saturated rings. The maximum absolute atomic E-state index is 11.0. The van der Waals surface area contributed by atoms with Crippen LogP contribution in [0.3, 0.4) is 0 Å². The van der Waals surface area contributed by atoms with Crippen LogP contribution in [0.2, 0.25) is 0 Å². The van der Waals surface area contributed by atoms with Gasteiger partial charge in [0.1, 0.15) is 5.75 Å². The van der Waals surface area contributed by atoms with Crippen LogP contribution in [0.5, 0.6) is 5.75 Å². The molecular formula is C25H42N2O7. The SMILES string of the molecule is C=C(C)C(O)OCCN(CCO)Cc1cc(C)cc(CN(CCO)CCOC(O)C(=C)C)c1O. The van der Waals surface area contributed by atoms with Gasteiger partial charge in [0.15, 0.2) is 12.6 Å². The Morgan fingerprint density at radius 2 is 1.21 bits per heavy atom. The van der Waals surface area contributed by atoms with Gasteiger partial charge in [0.2, 0.25) is 0 Å². The molecule has 0 saturated heterocycles. The van der Waals surface area contributed by atoms with Gasteiger partial charge in [0.05, 0.1) is 26.4 Å². The predicted octanol–water partition coefficient (Wildman–Crippen LogP) is 1.11. The molecule has 2 unspecified atom stereocenters. The van der Waals surface area contributed by atoms with Crippen LogP contribution in [0.15, 0.2) is 36.4 Å². The lowest BCUT2D eigenvalue weighted by atomic mass is 10.0. The van der Waals surface area contributed by atoms with E-state index in [4.69, 9.17) is 9.47 Å². The average Bonchev–Trinajstić information content (AvgIpc) is 2.76. The Morgan fingerprint density at radius 1 is 0.824 bits per heavy atom. The Morgan fingerprint density at radius 3 is 1.53 bits per heavy atom. The molecule has 1 aromatic carbocycles. The summed E-state index contributed by atoms with van der Waals surface area (Å²) in [5.41, 5.74) is 3.42. The minimum Gasteiger partial charge on any atom is -0.507 e. The van der Waals surface area contributed by atoms with Crippen molar-refractivity contribution >= 4 is 0 Å². The number of nitrogens with zero attached hydrogens (tertiary/aromatic N) is 2. The summed E-state index contributed by atoms with van der Waals surface area (Å²) in [5.74, 6) is 0.155. The minimum absolute atomic E-state index is 0.0528. The molecule has 34 heavy (non-hydrogen) atoms. The molecule has 0 aliphatic rings. The summed E-state index contributed by atoms with van der Waals surface area (Å²) in [6, 6.07) is 3.80. The van der Waals surface area contributed by atoms with E-state index in [-0.39, 0.29) is 32.2 Å². The zero-order valence-corrected chi connectivity index (χ0v) is 20.7. The van der Waals surface area contributed by atoms with Crippen LogP contribution in [0.25, 0.3) is 0 Å². The summed E-state index contributed by atoms with van der Waals surface area (Å²) in [4.78, 5) is 3.86. The summed E-state index contributed by atoms with van der Waals surface area (Å²) in [7, 11) is 0. The van der Waals surface area contributed by atoms with Gasteiger partial charge in [-0.3, -0.25) is 9.80 Å². The van der Waals surface area contributed by atoms with E-state index >= 15 is 0 Å². The van der Waals surface area contributed by atoms with E-state index in [0.717, 1.165) is 5.56 Å². The van der Waals surface area contributed by atoms with Crippen molar-refractivity contribution in [2.75, 3.05) is 52.6 Å². The quantitative estimate of drug-likeness (QED) is 0.154. The van der Waals surface area contributed by atoms with Gasteiger partial charge in [-0.05, 0) is 31.9 Å². The molecule has 0 aliphatic heterocycles. The highest BCUT2D eigenvalue weighted by Crippen LogP contribution is 2.27. The first-order chi connectivity index (χ1) is 16.1. The predicted molar refractivity (Wildman–Crippen MR) is 131 cm³/mol. The minimum atomic E-state index is -1.03. The molecule has 9 heteroatoms. The van der Waals surface area contributed by atoms with Crippen molar-refractivity contribution in [1.82, 2.24) is 9.80 Å². The van der Waals surface area contributed by atoms with Crippen molar-refractivity contribution in [2.45, 2.75) is 46.4 Å². The van der Waals surface area contributed by atoms with Gasteiger partial charge in [-0.2, -0.15) is 0 Å². The van der Waals surface area contributed by atoms with Crippen LogP contribution < -0.4 is 0 Å². The van der Waals surface area contributed by atoms with E-state index in [0.29, 0.717) is 61.5 Å². The second kappa shape index (κ2) is 16.0. The van der Waals surface area contributed by atoms with E-state index in [1.54, 1.807) is 13.8 Å². The van der Waals surface area contributed by atoms with Gasteiger partial charge in [-0.25, -0.2) is 0 Å². The first-order valence-corrected chi connectivity index (χ1v) is 11.5. The number of phenolic OH excluding ortho intramolecular Hbond substituents is 1. The lowest BCUT2D eigenvalue weighted by Gasteiger charge is -2.25. The molecule has 5 N–H and O–H groups in total. The second-order valence-electron chi connectivity index (χ2n) is 8.57. The Labute approximate surface area is 203 Å². The molecule has 0 spiro atoms. The number of benzene rings is 1. The van der Waals surface area contributed by atoms with Crippen molar-refractivity contribution in [3.8, 4) is 5.75 Å². The molecule has 0 bridgehead atoms. The Hall–Kier alpha value is -1.82. The molecule has 194 valence electrons. The zero-order valence-electron chi connectivity index (χ0n) is 20.7. The van der Waals surface area contributed by atoms with Crippen molar-refractivity contribution in [3.63, 3.8) is 0 Å². The molecule has 0 aliphatic carbocycles. The van der Waals surface area contributed by atoms with Gasteiger partial charge in [0, 0.05) is 50.4 Å². The van der Waals surface area contributed by atoms with Gasteiger partial charge < -0.3 is 35.0 Å². The highest BCUT2D eigenvalue weighted by molar-refractivity contribution is 5.43. The molecule has 0 heterocycles. The smallest absolute Gasteiger partial charge is 0.176 e. The summed E-state index contributed by atoms with van der Waals surface area (Å²) in [6.07, 6.45) is -2.07. The third-order valence-electron chi connectivity index (χ3n) is 5.24. The van der Waals surface area contributed by atoms with E-state index in [1.807, 2.05) is 28.9 Å². The summed E-state index contributed by atoms with van der Waals surface area (Å²) in [6.45, 7) is 15.4. The summed E-state index contributed by atoms with van der Waals surface area (Å²) >= 11 is 0. The molecule has 2 atom stereocenters. The van der Waals surface area contributed by atoms with E-state index in [2.05, 4.69) is 13.2 Å². The van der Waals surface area contributed by atoms with Crippen LogP contribution in [0.4, 0.5) is 0 Å². The molecular weight excluding hydrogens is 440 g/mol. The first kappa shape index (κ1) is 30.2. The van der Waals surface area contributed by atoms with Crippen LogP contribution in [-0.4, -0.2) is 101 Å². The molecule has 0 radical (unpaired) electrons. The fourth-order valence-corrected chi connectivity index (χ4v) is 3.35. The third-order valence-corrected chi connectivity index (χ3v) is 5.24. The number of aromatic hydroxyl groups is 1. The van der Waals surface area contributed by atoms with Gasteiger partial charge in [-0.15, -0.1) is 0 Å². The van der Waals surface area contributed by atoms with Crippen molar-refractivity contribution in [1.29, 1.82) is 0 Å². The fraction of sp³-hybridized carbons (Fsp3) is 0.600. The van der Waals surface area contributed by atoms with Crippen molar-refractivity contribution < 1.29 is 35.0 Å². The molecule has 0 aromatic heterocycles. The molecule has 1 aromatic rings. The maximum Gasteiger partial charge on any atom is 0.176 e. The number of phenols is 1. The molecule has 0 amide bonds. The second-order valence-corrected chi connectivity index (χ2v) is 8.57. The number of rotatable bonds is 18. The maximum atomic E-state index is 11.0. The van der Waals surface area contributed by atoms with E-state index in [1.165, 1.54) is 0 Å².